The highest BCUT2D eigenvalue weighted by molar-refractivity contribution is 8.00. The number of amides is 4. The number of nitrogens with zero attached hydrogens (tertiary/aromatic N) is 1. The van der Waals surface area contributed by atoms with Gasteiger partial charge in [0.05, 0.1) is 31.7 Å². The summed E-state index contributed by atoms with van der Waals surface area (Å²) in [4.78, 5) is 63.3. The predicted octanol–water partition coefficient (Wildman–Crippen LogP) is 2.65. The molecule has 4 amide bonds. The number of unbranched alkanes of at least 4 members (excludes halogenated alkanes) is 4. The minimum atomic E-state index is -0.653. The number of imide groups is 1. The lowest BCUT2D eigenvalue weighted by atomic mass is 10.0. The normalized spacial score (nSPS) is 15.5. The molecule has 1 rings (SSSR count). The molecule has 1 heterocycles. The van der Waals surface area contributed by atoms with Gasteiger partial charge in [-0.25, -0.2) is 0 Å². The molecule has 0 bridgehead atoms. The monoisotopic (exact) mass is 645 g/mol. The quantitative estimate of drug-likeness (QED) is 0.0919. The van der Waals surface area contributed by atoms with E-state index in [4.69, 9.17) is 18.9 Å². The fourth-order valence-electron chi connectivity index (χ4n) is 4.68. The van der Waals surface area contributed by atoms with E-state index in [1.54, 1.807) is 14.2 Å². The van der Waals surface area contributed by atoms with Gasteiger partial charge in [-0.3, -0.25) is 28.9 Å². The summed E-state index contributed by atoms with van der Waals surface area (Å²) in [6, 6.07) is -0.653. The van der Waals surface area contributed by atoms with E-state index in [0.29, 0.717) is 104 Å². The second kappa shape index (κ2) is 26.2. The fourth-order valence-corrected chi connectivity index (χ4v) is 5.32. The van der Waals surface area contributed by atoms with Crippen molar-refractivity contribution < 1.29 is 42.9 Å². The number of rotatable bonds is 29. The Bertz CT molecular complexity index is 846. The highest BCUT2D eigenvalue weighted by atomic mass is 32.2. The number of Topliss-reactive ketones (excluding diaryl/α,β-unsaturated/α-hetero) is 1. The number of methoxy groups -OCH3 is 2. The van der Waals surface area contributed by atoms with Crippen molar-refractivity contribution in [2.75, 3.05) is 73.2 Å². The van der Waals surface area contributed by atoms with Crippen LogP contribution in [-0.4, -0.2) is 119 Å². The Balaban J connectivity index is 2.37. The average Bonchev–Trinajstić information content (AvgIpc) is 3.29. The summed E-state index contributed by atoms with van der Waals surface area (Å²) in [7, 11) is 3.22. The molecule has 1 fully saturated rings. The van der Waals surface area contributed by atoms with Gasteiger partial charge in [-0.1, -0.05) is 12.8 Å². The summed E-state index contributed by atoms with van der Waals surface area (Å²) in [5, 5.41) is 5.53. The molecule has 2 unspecified atom stereocenters. The van der Waals surface area contributed by atoms with Gasteiger partial charge in [-0.15, -0.1) is 0 Å². The van der Waals surface area contributed by atoms with Crippen LogP contribution in [0.4, 0.5) is 0 Å². The molecule has 0 radical (unpaired) electrons. The lowest BCUT2D eigenvalue weighted by molar-refractivity contribution is -0.138. The Labute approximate surface area is 267 Å². The number of nitrogens with one attached hydrogen (secondary N) is 2. The molecule has 0 aromatic rings. The maximum atomic E-state index is 13.0. The summed E-state index contributed by atoms with van der Waals surface area (Å²) in [5.41, 5.74) is 0. The van der Waals surface area contributed by atoms with Crippen molar-refractivity contribution >= 4 is 41.2 Å². The molecule has 0 aromatic heterocycles. The molecule has 12 nitrogen and oxygen atoms in total. The number of hydrogen-bond acceptors (Lipinski definition) is 10. The zero-order valence-electron chi connectivity index (χ0n) is 27.0. The Morgan fingerprint density at radius 2 is 1.45 bits per heavy atom. The molecule has 1 saturated heterocycles. The van der Waals surface area contributed by atoms with Crippen molar-refractivity contribution in [1.29, 1.82) is 0 Å². The SMILES string of the molecule is COCCOCCCC(=O)CCCCCC(NC(=O)CCCOCCOC)C(=O)NCCCCCN1C(=O)CC(SC)C1=O. The number of carbonyl (C=O) groups is 5. The minimum Gasteiger partial charge on any atom is -0.382 e. The van der Waals surface area contributed by atoms with Crippen molar-refractivity contribution in [1.82, 2.24) is 15.5 Å². The van der Waals surface area contributed by atoms with Crippen LogP contribution in [0.2, 0.25) is 0 Å². The molecular formula is C31H55N3O9S. The van der Waals surface area contributed by atoms with Crippen LogP contribution in [0.5, 0.6) is 0 Å². The van der Waals surface area contributed by atoms with Crippen LogP contribution >= 0.6 is 11.8 Å². The lowest BCUT2D eigenvalue weighted by Crippen LogP contribution is -2.47. The molecule has 2 N–H and O–H groups in total. The topological polar surface area (TPSA) is 150 Å². The van der Waals surface area contributed by atoms with Crippen molar-refractivity contribution in [2.24, 2.45) is 0 Å². The van der Waals surface area contributed by atoms with Crippen LogP contribution in [0.3, 0.4) is 0 Å². The molecule has 254 valence electrons. The summed E-state index contributed by atoms with van der Waals surface area (Å²) >= 11 is 1.41. The van der Waals surface area contributed by atoms with E-state index < -0.39 is 6.04 Å². The van der Waals surface area contributed by atoms with Gasteiger partial charge in [0.15, 0.2) is 0 Å². The largest absolute Gasteiger partial charge is 0.382 e. The van der Waals surface area contributed by atoms with Crippen LogP contribution in [0, 0.1) is 0 Å². The van der Waals surface area contributed by atoms with Crippen molar-refractivity contribution in [3.05, 3.63) is 0 Å². The second-order valence-electron chi connectivity index (χ2n) is 10.8. The number of hydrogen-bond donors (Lipinski definition) is 2. The number of ether oxygens (including phenoxy) is 4. The number of likely N-dealkylation sites (tertiary alicyclic amines) is 1. The summed E-state index contributed by atoms with van der Waals surface area (Å²) in [6.07, 6.45) is 9.45. The van der Waals surface area contributed by atoms with Gasteiger partial charge >= 0.3 is 0 Å². The third kappa shape index (κ3) is 18.7. The Kier molecular flexibility index (Phi) is 23.8. The van der Waals surface area contributed by atoms with E-state index in [0.717, 1.165) is 19.3 Å². The van der Waals surface area contributed by atoms with Gasteiger partial charge in [0, 0.05) is 66.2 Å². The molecule has 2 atom stereocenters. The Morgan fingerprint density at radius 3 is 2.09 bits per heavy atom. The van der Waals surface area contributed by atoms with Gasteiger partial charge in [0.1, 0.15) is 11.8 Å². The van der Waals surface area contributed by atoms with Crippen molar-refractivity contribution in [3.63, 3.8) is 0 Å². The van der Waals surface area contributed by atoms with E-state index >= 15 is 0 Å². The van der Waals surface area contributed by atoms with Gasteiger partial charge in [-0.2, -0.15) is 11.8 Å². The third-order valence-corrected chi connectivity index (χ3v) is 8.18. The smallest absolute Gasteiger partial charge is 0.242 e. The standard InChI is InChI=1S/C31H55N3O9S/c1-40-20-22-42-18-10-13-25(35)12-6-4-7-14-26(33-28(36)15-11-19-43-23-21-41-2)30(38)32-16-8-5-9-17-34-29(37)24-27(44-3)31(34)39/h26-27H,4-24H2,1-3H3,(H,32,38)(H,33,36). The third-order valence-electron chi connectivity index (χ3n) is 7.25. The molecule has 0 spiro atoms. The zero-order valence-corrected chi connectivity index (χ0v) is 27.9. The summed E-state index contributed by atoms with van der Waals surface area (Å²) < 4.78 is 20.7. The van der Waals surface area contributed by atoms with E-state index in [2.05, 4.69) is 10.6 Å². The van der Waals surface area contributed by atoms with Crippen LogP contribution in [0.25, 0.3) is 0 Å². The minimum absolute atomic E-state index is 0.108. The highest BCUT2D eigenvalue weighted by Gasteiger charge is 2.37. The maximum absolute atomic E-state index is 13.0. The first-order chi connectivity index (χ1) is 21.3. The average molecular weight is 646 g/mol. The summed E-state index contributed by atoms with van der Waals surface area (Å²) in [6.45, 7) is 3.86. The van der Waals surface area contributed by atoms with Gasteiger partial charge in [0.25, 0.3) is 0 Å². The molecule has 13 heteroatoms. The predicted molar refractivity (Wildman–Crippen MR) is 169 cm³/mol. The van der Waals surface area contributed by atoms with Gasteiger partial charge < -0.3 is 29.6 Å². The Morgan fingerprint density at radius 1 is 0.818 bits per heavy atom. The Hall–Kier alpha value is -2.06. The second-order valence-corrected chi connectivity index (χ2v) is 11.9. The van der Waals surface area contributed by atoms with Crippen LogP contribution in [-0.2, 0) is 42.9 Å². The van der Waals surface area contributed by atoms with Gasteiger partial charge in [0.2, 0.25) is 23.6 Å². The van der Waals surface area contributed by atoms with Crippen LogP contribution in [0.1, 0.15) is 83.5 Å². The van der Waals surface area contributed by atoms with E-state index in [1.165, 1.54) is 16.7 Å². The van der Waals surface area contributed by atoms with Crippen LogP contribution in [0.15, 0.2) is 0 Å². The maximum Gasteiger partial charge on any atom is 0.242 e. The zero-order chi connectivity index (χ0) is 32.4. The molecule has 1 aliphatic heterocycles. The van der Waals surface area contributed by atoms with Crippen molar-refractivity contribution in [3.8, 4) is 0 Å². The summed E-state index contributed by atoms with van der Waals surface area (Å²) in [5.74, 6) is -0.448. The molecule has 44 heavy (non-hydrogen) atoms. The van der Waals surface area contributed by atoms with E-state index in [-0.39, 0.29) is 47.5 Å². The molecule has 0 aliphatic carbocycles. The first-order valence-corrected chi connectivity index (χ1v) is 17.2. The number of ketones is 1. The highest BCUT2D eigenvalue weighted by Crippen LogP contribution is 2.23. The number of carbonyl (C=O) groups excluding carboxylic acids is 5. The molecule has 1 aliphatic rings. The van der Waals surface area contributed by atoms with E-state index in [9.17, 15) is 24.0 Å². The molecule has 0 aromatic carbocycles. The fraction of sp³-hybridized carbons (Fsp3) is 0.839. The van der Waals surface area contributed by atoms with Gasteiger partial charge in [-0.05, 0) is 51.2 Å². The van der Waals surface area contributed by atoms with E-state index in [1.807, 2.05) is 6.26 Å². The first kappa shape index (κ1) is 40.0. The van der Waals surface area contributed by atoms with Crippen LogP contribution < -0.4 is 10.6 Å². The first-order valence-electron chi connectivity index (χ1n) is 15.9. The lowest BCUT2D eigenvalue weighted by Gasteiger charge is -2.19. The number of thioether (sulfide) groups is 1. The molecule has 0 saturated carbocycles. The van der Waals surface area contributed by atoms with Crippen molar-refractivity contribution in [2.45, 2.75) is 94.8 Å². The molecular weight excluding hydrogens is 590 g/mol.